The quantitative estimate of drug-likeness (QED) is 0.248. The molecule has 1 aromatic carbocycles. The number of hydrogen-bond acceptors (Lipinski definition) is 9. The van der Waals surface area contributed by atoms with Gasteiger partial charge in [-0.05, 0) is 55.0 Å². The molecule has 1 unspecified atom stereocenters. The monoisotopic (exact) mass is 538 g/mol. The summed E-state index contributed by atoms with van der Waals surface area (Å²) < 4.78 is 5.22. The van der Waals surface area contributed by atoms with Gasteiger partial charge in [-0.2, -0.15) is 0 Å². The van der Waals surface area contributed by atoms with E-state index < -0.39 is 17.8 Å². The second-order valence-electron chi connectivity index (χ2n) is 7.37. The van der Waals surface area contributed by atoms with E-state index in [-0.39, 0.29) is 5.69 Å². The molecular weight excluding hydrogens is 517 g/mol. The third-order valence-corrected chi connectivity index (χ3v) is 7.71. The molecule has 36 heavy (non-hydrogen) atoms. The summed E-state index contributed by atoms with van der Waals surface area (Å²) in [6.45, 7) is 1.79. The fourth-order valence-electron chi connectivity index (χ4n) is 3.19. The lowest BCUT2D eigenvalue weighted by atomic mass is 10.0. The number of nitrogens with one attached hydrogen (secondary N) is 1. The molecule has 8 nitrogen and oxygen atoms in total. The number of ether oxygens (including phenoxy) is 1. The predicted molar refractivity (Wildman–Crippen MR) is 140 cm³/mol. The number of carboxylic acids is 1. The Morgan fingerprint density at radius 2 is 1.86 bits per heavy atom. The first kappa shape index (κ1) is 25.7. The van der Waals surface area contributed by atoms with Crippen LogP contribution in [0.25, 0.3) is 0 Å². The minimum absolute atomic E-state index is 0.235. The third kappa shape index (κ3) is 6.42. The van der Waals surface area contributed by atoms with Crippen LogP contribution in [-0.4, -0.2) is 39.0 Å². The van der Waals surface area contributed by atoms with Gasteiger partial charge in [0.25, 0.3) is 5.91 Å². The first-order valence-electron chi connectivity index (χ1n) is 10.9. The van der Waals surface area contributed by atoms with Gasteiger partial charge in [-0.1, -0.05) is 36.5 Å². The average Bonchev–Trinajstić information content (AvgIpc) is 3.34. The van der Waals surface area contributed by atoms with Crippen molar-refractivity contribution in [3.63, 3.8) is 0 Å². The fourth-order valence-corrected chi connectivity index (χ4v) is 5.59. The van der Waals surface area contributed by atoms with Crippen LogP contribution in [0, 0.1) is 0 Å². The second kappa shape index (κ2) is 12.0. The Hall–Kier alpha value is -3.41. The zero-order valence-electron chi connectivity index (χ0n) is 19.4. The Morgan fingerprint density at radius 3 is 2.53 bits per heavy atom. The maximum atomic E-state index is 13.3. The Labute approximate surface area is 220 Å². The van der Waals surface area contributed by atoms with Crippen LogP contribution < -0.4 is 10.1 Å². The summed E-state index contributed by atoms with van der Waals surface area (Å²) in [6.07, 6.45) is 2.11. The summed E-state index contributed by atoms with van der Waals surface area (Å²) in [5.74, 6) is -1.35. The number of benzene rings is 1. The van der Waals surface area contributed by atoms with E-state index in [1.807, 2.05) is 54.6 Å². The van der Waals surface area contributed by atoms with Crippen LogP contribution in [0.5, 0.6) is 5.75 Å². The van der Waals surface area contributed by atoms with E-state index in [1.54, 1.807) is 25.6 Å². The summed E-state index contributed by atoms with van der Waals surface area (Å²) in [6, 6.07) is 16.8. The predicted octanol–water partition coefficient (Wildman–Crippen LogP) is 6.07. The van der Waals surface area contributed by atoms with E-state index in [0.717, 1.165) is 15.7 Å². The van der Waals surface area contributed by atoms with Crippen molar-refractivity contribution >= 4 is 51.9 Å². The molecule has 0 radical (unpaired) electrons. The Balaban J connectivity index is 1.62. The lowest BCUT2D eigenvalue weighted by Gasteiger charge is -2.11. The Kier molecular flexibility index (Phi) is 8.57. The van der Waals surface area contributed by atoms with Crippen LogP contribution in [0.3, 0.4) is 0 Å². The molecule has 1 amide bonds. The van der Waals surface area contributed by atoms with E-state index in [1.165, 1.54) is 34.9 Å². The number of anilines is 1. The van der Waals surface area contributed by atoms with Crippen molar-refractivity contribution in [3.05, 3.63) is 77.6 Å². The highest BCUT2D eigenvalue weighted by molar-refractivity contribution is 7.99. The van der Waals surface area contributed by atoms with E-state index >= 15 is 0 Å². The highest BCUT2D eigenvalue weighted by Gasteiger charge is 2.22. The molecular formula is C25H22N4O4S3. The molecule has 11 heteroatoms. The van der Waals surface area contributed by atoms with E-state index in [9.17, 15) is 14.7 Å². The van der Waals surface area contributed by atoms with Gasteiger partial charge < -0.3 is 9.84 Å². The minimum Gasteiger partial charge on any atom is -0.497 e. The number of hydrogen-bond donors (Lipinski definition) is 2. The maximum absolute atomic E-state index is 13.3. The first-order chi connectivity index (χ1) is 17.5. The van der Waals surface area contributed by atoms with Crippen molar-refractivity contribution in [2.45, 2.75) is 39.1 Å². The van der Waals surface area contributed by atoms with Gasteiger partial charge >= 0.3 is 5.97 Å². The largest absolute Gasteiger partial charge is 0.497 e. The lowest BCUT2D eigenvalue weighted by Crippen LogP contribution is -2.16. The molecule has 1 atom stereocenters. The number of thiazole rings is 1. The summed E-state index contributed by atoms with van der Waals surface area (Å²) in [5, 5.41) is 15.6. The number of pyridine rings is 2. The van der Waals surface area contributed by atoms with E-state index in [0.29, 0.717) is 27.2 Å². The summed E-state index contributed by atoms with van der Waals surface area (Å²) in [4.78, 5) is 39.7. The van der Waals surface area contributed by atoms with Gasteiger partial charge in [-0.15, -0.1) is 11.3 Å². The van der Waals surface area contributed by atoms with Crippen LogP contribution in [0.4, 0.5) is 5.13 Å². The normalized spacial score (nSPS) is 11.6. The molecule has 0 bridgehead atoms. The van der Waals surface area contributed by atoms with Crippen molar-refractivity contribution in [1.29, 1.82) is 0 Å². The van der Waals surface area contributed by atoms with Gasteiger partial charge in [-0.25, -0.2) is 15.0 Å². The number of carbonyl (C=O) groups excluding carboxylic acids is 1. The van der Waals surface area contributed by atoms with E-state index in [4.69, 9.17) is 4.74 Å². The van der Waals surface area contributed by atoms with Gasteiger partial charge in [0.2, 0.25) is 0 Å². The Morgan fingerprint density at radius 1 is 1.06 bits per heavy atom. The molecule has 0 aliphatic carbocycles. The van der Waals surface area contributed by atoms with Gasteiger partial charge in [0.15, 0.2) is 5.13 Å². The van der Waals surface area contributed by atoms with Crippen molar-refractivity contribution in [2.75, 3.05) is 12.4 Å². The zero-order valence-corrected chi connectivity index (χ0v) is 21.8. The van der Waals surface area contributed by atoms with Crippen molar-refractivity contribution < 1.29 is 19.4 Å². The number of aromatic nitrogens is 3. The number of aliphatic carboxylic acids is 1. The number of methoxy groups -OCH3 is 1. The molecule has 184 valence electrons. The zero-order chi connectivity index (χ0) is 25.5. The molecule has 4 aromatic rings. The topological polar surface area (TPSA) is 114 Å². The molecule has 0 saturated heterocycles. The number of carbonyl (C=O) groups is 2. The highest BCUT2D eigenvalue weighted by atomic mass is 32.2. The minimum atomic E-state index is -0.945. The Bertz CT molecular complexity index is 1350. The lowest BCUT2D eigenvalue weighted by molar-refractivity contribution is -0.138. The van der Waals surface area contributed by atoms with Gasteiger partial charge in [-0.3, -0.25) is 14.9 Å². The molecule has 0 fully saturated rings. The standard InChI is InChI=1S/C25H22N4O4S3/c1-3-17(24(31)32)18-14-34-25(27-18)29-23(30)22-19(35-16-9-7-15(33-2)8-10-16)11-12-21(28-22)36-20-6-4-5-13-26-20/h4-14,17H,3H2,1-2H3,(H,31,32)(H,27,29,30). The smallest absolute Gasteiger partial charge is 0.312 e. The maximum Gasteiger partial charge on any atom is 0.312 e. The summed E-state index contributed by atoms with van der Waals surface area (Å²) >= 11 is 3.94. The molecule has 0 aliphatic heterocycles. The number of amides is 1. The first-order valence-corrected chi connectivity index (χ1v) is 13.4. The molecule has 0 spiro atoms. The number of carboxylic acid groups (broad SMARTS) is 1. The fraction of sp³-hybridized carbons (Fsp3) is 0.160. The summed E-state index contributed by atoms with van der Waals surface area (Å²) in [7, 11) is 1.61. The average molecular weight is 539 g/mol. The van der Waals surface area contributed by atoms with Crippen LogP contribution in [-0.2, 0) is 4.79 Å². The van der Waals surface area contributed by atoms with E-state index in [2.05, 4.69) is 20.3 Å². The molecule has 0 saturated carbocycles. The molecule has 2 N–H and O–H groups in total. The molecule has 3 aromatic heterocycles. The molecule has 0 aliphatic rings. The van der Waals surface area contributed by atoms with Crippen molar-refractivity contribution in [3.8, 4) is 5.75 Å². The van der Waals surface area contributed by atoms with Crippen LogP contribution in [0.2, 0.25) is 0 Å². The molecule has 3 heterocycles. The third-order valence-electron chi connectivity index (χ3n) is 4.99. The van der Waals surface area contributed by atoms with Crippen LogP contribution in [0.1, 0.15) is 35.4 Å². The molecule has 4 rings (SSSR count). The van der Waals surface area contributed by atoms with Gasteiger partial charge in [0, 0.05) is 21.4 Å². The second-order valence-corrected chi connectivity index (χ2v) is 10.4. The van der Waals surface area contributed by atoms with Crippen molar-refractivity contribution in [1.82, 2.24) is 15.0 Å². The van der Waals surface area contributed by atoms with Crippen LogP contribution in [0.15, 0.2) is 86.0 Å². The van der Waals surface area contributed by atoms with Gasteiger partial charge in [0.05, 0.1) is 18.7 Å². The van der Waals surface area contributed by atoms with Crippen molar-refractivity contribution in [2.24, 2.45) is 0 Å². The number of nitrogens with zero attached hydrogens (tertiary/aromatic N) is 3. The highest BCUT2D eigenvalue weighted by Crippen LogP contribution is 2.34. The number of rotatable bonds is 10. The van der Waals surface area contributed by atoms with Crippen LogP contribution >= 0.6 is 34.9 Å². The van der Waals surface area contributed by atoms with Gasteiger partial charge in [0.1, 0.15) is 21.5 Å². The SMILES string of the molecule is CCC(C(=O)O)c1csc(NC(=O)c2nc(Sc3ccccn3)ccc2Sc2ccc(OC)cc2)n1. The summed E-state index contributed by atoms with van der Waals surface area (Å²) in [5.41, 5.74) is 0.657.